The fourth-order valence-electron chi connectivity index (χ4n) is 3.70. The summed E-state index contributed by atoms with van der Waals surface area (Å²) >= 11 is 0. The molecule has 134 valence electrons. The van der Waals surface area contributed by atoms with Gasteiger partial charge in [-0.05, 0) is 30.2 Å². The molecule has 0 spiro atoms. The van der Waals surface area contributed by atoms with Gasteiger partial charge in [-0.2, -0.15) is 5.10 Å². The molecule has 2 unspecified atom stereocenters. The number of aromatic nitrogens is 2. The first-order chi connectivity index (χ1) is 13.2. The van der Waals surface area contributed by atoms with E-state index in [-0.39, 0.29) is 5.97 Å². The summed E-state index contributed by atoms with van der Waals surface area (Å²) in [5.41, 5.74) is 1.97. The smallest absolute Gasteiger partial charge is 0.317 e. The zero-order chi connectivity index (χ0) is 19.0. The Balaban J connectivity index is 1.99. The number of aliphatic imine (C=N–C) groups is 1. The van der Waals surface area contributed by atoms with Gasteiger partial charge in [0.2, 0.25) is 5.69 Å². The predicted molar refractivity (Wildman–Crippen MR) is 103 cm³/mol. The van der Waals surface area contributed by atoms with Gasteiger partial charge in [0, 0.05) is 5.71 Å². The number of benzene rings is 2. The van der Waals surface area contributed by atoms with Crippen LogP contribution in [0.4, 0.5) is 11.5 Å². The third kappa shape index (κ3) is 2.68. The van der Waals surface area contributed by atoms with Crippen molar-refractivity contribution in [2.24, 2.45) is 10.9 Å². The molecule has 6 heteroatoms. The number of ether oxygens (including phenoxy) is 1. The fraction of sp³-hybridized carbons (Fsp3) is 0.238. The van der Waals surface area contributed by atoms with Crippen molar-refractivity contribution in [3.8, 4) is 0 Å². The molecule has 2 heterocycles. The van der Waals surface area contributed by atoms with Crippen LogP contribution >= 0.6 is 0 Å². The van der Waals surface area contributed by atoms with Gasteiger partial charge in [-0.3, -0.25) is 9.48 Å². The molecule has 0 amide bonds. The molecule has 6 nitrogen and oxygen atoms in total. The zero-order valence-corrected chi connectivity index (χ0v) is 15.1. The van der Waals surface area contributed by atoms with Crippen LogP contribution in [0.25, 0.3) is 15.6 Å². The predicted octanol–water partition coefficient (Wildman–Crippen LogP) is 4.46. The second-order valence-corrected chi connectivity index (χ2v) is 6.41. The summed E-state index contributed by atoms with van der Waals surface area (Å²) in [4.78, 5) is 20.8. The van der Waals surface area contributed by atoms with Gasteiger partial charge in [0.1, 0.15) is 5.92 Å². The van der Waals surface area contributed by atoms with Crippen LogP contribution in [0.2, 0.25) is 0 Å². The third-order valence-electron chi connectivity index (χ3n) is 4.87. The Morgan fingerprint density at radius 1 is 1.26 bits per heavy atom. The second kappa shape index (κ2) is 6.69. The number of fused-ring (bicyclic) bond motifs is 2. The summed E-state index contributed by atoms with van der Waals surface area (Å²) in [6.45, 7) is 11.3. The zero-order valence-electron chi connectivity index (χ0n) is 15.1. The molecule has 2 aromatic carbocycles. The lowest BCUT2D eigenvalue weighted by molar-refractivity contribution is -0.146. The first-order valence-electron chi connectivity index (χ1n) is 8.80. The molecule has 2 atom stereocenters. The van der Waals surface area contributed by atoms with Crippen molar-refractivity contribution in [1.29, 1.82) is 0 Å². The maximum absolute atomic E-state index is 12.8. The number of esters is 1. The van der Waals surface area contributed by atoms with Crippen molar-refractivity contribution < 1.29 is 9.53 Å². The molecular formula is C21H18N4O2. The van der Waals surface area contributed by atoms with Gasteiger partial charge >= 0.3 is 5.97 Å². The Morgan fingerprint density at radius 3 is 2.81 bits per heavy atom. The molecule has 0 radical (unpaired) electrons. The fourth-order valence-corrected chi connectivity index (χ4v) is 3.70. The molecule has 3 aromatic rings. The van der Waals surface area contributed by atoms with Crippen LogP contribution in [-0.2, 0) is 9.53 Å². The molecule has 0 saturated carbocycles. The van der Waals surface area contributed by atoms with Crippen molar-refractivity contribution in [3.63, 3.8) is 0 Å². The van der Waals surface area contributed by atoms with E-state index >= 15 is 0 Å². The highest BCUT2D eigenvalue weighted by atomic mass is 16.5. The topological polar surface area (TPSA) is 60.8 Å². The van der Waals surface area contributed by atoms with E-state index in [9.17, 15) is 4.79 Å². The Kier molecular flexibility index (Phi) is 4.21. The van der Waals surface area contributed by atoms with Gasteiger partial charge in [-0.25, -0.2) is 9.84 Å². The summed E-state index contributed by atoms with van der Waals surface area (Å²) in [7, 11) is 0. The molecule has 0 bridgehead atoms. The first kappa shape index (κ1) is 17.0. The lowest BCUT2D eigenvalue weighted by Crippen LogP contribution is -2.37. The Hall–Kier alpha value is -3.46. The third-order valence-corrected chi connectivity index (χ3v) is 4.87. The quantitative estimate of drug-likeness (QED) is 0.513. The molecule has 0 saturated heterocycles. The van der Waals surface area contributed by atoms with Crippen LogP contribution in [0.3, 0.4) is 0 Å². The minimum atomic E-state index is -0.596. The van der Waals surface area contributed by atoms with Crippen LogP contribution in [0, 0.1) is 12.5 Å². The van der Waals surface area contributed by atoms with E-state index in [1.807, 2.05) is 49.4 Å². The normalized spacial score (nSPS) is 18.5. The van der Waals surface area contributed by atoms with Crippen LogP contribution in [0.1, 0.15) is 25.5 Å². The number of hydrogen-bond donors (Lipinski definition) is 0. The summed E-state index contributed by atoms with van der Waals surface area (Å²) < 4.78 is 7.03. The van der Waals surface area contributed by atoms with Crippen molar-refractivity contribution in [2.45, 2.75) is 19.9 Å². The summed E-state index contributed by atoms with van der Waals surface area (Å²) in [5.74, 6) is -0.440. The Labute approximate surface area is 156 Å². The average molecular weight is 358 g/mol. The minimum Gasteiger partial charge on any atom is -0.465 e. The van der Waals surface area contributed by atoms with E-state index in [0.717, 1.165) is 16.3 Å². The lowest BCUT2D eigenvalue weighted by atomic mass is 9.86. The monoisotopic (exact) mass is 358 g/mol. The van der Waals surface area contributed by atoms with Crippen molar-refractivity contribution in [3.05, 3.63) is 65.6 Å². The summed E-state index contributed by atoms with van der Waals surface area (Å²) in [5, 5.41) is 6.53. The van der Waals surface area contributed by atoms with E-state index in [0.29, 0.717) is 23.8 Å². The first-order valence-corrected chi connectivity index (χ1v) is 8.80. The molecule has 0 N–H and O–H groups in total. The van der Waals surface area contributed by atoms with Crippen LogP contribution in [0.5, 0.6) is 0 Å². The largest absolute Gasteiger partial charge is 0.465 e. The van der Waals surface area contributed by atoms with Crippen molar-refractivity contribution >= 4 is 34.0 Å². The minimum absolute atomic E-state index is 0.296. The second-order valence-electron chi connectivity index (χ2n) is 6.41. The summed E-state index contributed by atoms with van der Waals surface area (Å²) in [6, 6.07) is 13.6. The summed E-state index contributed by atoms with van der Waals surface area (Å²) in [6.07, 6.45) is 1.50. The number of hydrogen-bond acceptors (Lipinski definition) is 4. The van der Waals surface area contributed by atoms with Crippen molar-refractivity contribution in [1.82, 2.24) is 9.78 Å². The van der Waals surface area contributed by atoms with Gasteiger partial charge in [-0.15, -0.1) is 0 Å². The molecular weight excluding hydrogens is 340 g/mol. The molecule has 27 heavy (non-hydrogen) atoms. The molecule has 1 aliphatic heterocycles. The van der Waals surface area contributed by atoms with Crippen LogP contribution in [-0.4, -0.2) is 28.1 Å². The van der Waals surface area contributed by atoms with Gasteiger partial charge in [0.15, 0.2) is 5.82 Å². The van der Waals surface area contributed by atoms with Gasteiger partial charge < -0.3 is 4.74 Å². The number of carbonyl (C=O) groups excluding carboxylic acids is 1. The Morgan fingerprint density at radius 2 is 2.04 bits per heavy atom. The maximum Gasteiger partial charge on any atom is 0.317 e. The van der Waals surface area contributed by atoms with Gasteiger partial charge in [-0.1, -0.05) is 42.5 Å². The highest BCUT2D eigenvalue weighted by molar-refractivity contribution is 6.05. The van der Waals surface area contributed by atoms with Crippen molar-refractivity contribution in [2.75, 3.05) is 6.61 Å². The molecule has 4 rings (SSSR count). The molecule has 0 fully saturated rings. The van der Waals surface area contributed by atoms with Gasteiger partial charge in [0.05, 0.1) is 25.4 Å². The van der Waals surface area contributed by atoms with Crippen LogP contribution in [0.15, 0.2) is 53.7 Å². The molecule has 0 aliphatic carbocycles. The van der Waals surface area contributed by atoms with E-state index in [2.05, 4.69) is 14.9 Å². The average Bonchev–Trinajstić information content (AvgIpc) is 3.09. The van der Waals surface area contributed by atoms with E-state index < -0.39 is 12.0 Å². The number of nitrogens with zero attached hydrogens (tertiary/aromatic N) is 4. The molecule has 1 aromatic heterocycles. The highest BCUT2D eigenvalue weighted by Crippen LogP contribution is 2.43. The van der Waals surface area contributed by atoms with E-state index in [1.165, 1.54) is 6.20 Å². The number of carbonyl (C=O) groups is 1. The van der Waals surface area contributed by atoms with Gasteiger partial charge in [0.25, 0.3) is 0 Å². The van der Waals surface area contributed by atoms with E-state index in [1.54, 1.807) is 11.6 Å². The standard InChI is InChI=1S/C21H18N4O2/c1-4-27-21(26)18-13(2)24-20-17(22-3)12-23-25(20)19(18)16-11-7-9-14-8-5-6-10-15(14)16/h5-12,18-19H,4H2,1-2H3. The van der Waals surface area contributed by atoms with E-state index in [4.69, 9.17) is 11.3 Å². The Bertz CT molecular complexity index is 1100. The molecule has 1 aliphatic rings. The number of rotatable bonds is 3. The lowest BCUT2D eigenvalue weighted by Gasteiger charge is -2.31. The van der Waals surface area contributed by atoms with Crippen LogP contribution < -0.4 is 0 Å². The highest BCUT2D eigenvalue weighted by Gasteiger charge is 2.40. The SMILES string of the molecule is [C-]#[N+]c1cnn2c1N=C(C)C(C(=O)OCC)C2c1cccc2ccccc12. The maximum atomic E-state index is 12.8.